The predicted octanol–water partition coefficient (Wildman–Crippen LogP) is 0.703. The van der Waals surface area contributed by atoms with Gasteiger partial charge in [-0.15, -0.1) is 0 Å². The molecule has 0 radical (unpaired) electrons. The summed E-state index contributed by atoms with van der Waals surface area (Å²) in [5.74, 6) is -0.0932. The number of nitrogens with one attached hydrogen (secondary N) is 2. The van der Waals surface area contributed by atoms with Gasteiger partial charge in [0.25, 0.3) is 0 Å². The molecule has 0 saturated carbocycles. The number of alkyl halides is 1. The Kier molecular flexibility index (Phi) is 4.84. The lowest BCUT2D eigenvalue weighted by molar-refractivity contribution is -0.112. The number of halogens is 1. The molecule has 0 heterocycles. The van der Waals surface area contributed by atoms with E-state index in [1.807, 2.05) is 0 Å². The summed E-state index contributed by atoms with van der Waals surface area (Å²) >= 11 is 3.00. The maximum atomic E-state index is 10.8. The second kappa shape index (κ2) is 5.17. The number of ketones is 1. The minimum atomic E-state index is -0.0932. The Hall–Kier alpha value is -0.640. The highest BCUT2D eigenvalue weighted by Crippen LogP contribution is 1.93. The summed E-state index contributed by atoms with van der Waals surface area (Å²) in [6.45, 7) is 0. The molecule has 0 aliphatic carbocycles. The van der Waals surface area contributed by atoms with Crippen LogP contribution in [-0.2, 0) is 4.79 Å². The third-order valence-electron chi connectivity index (χ3n) is 0.899. The van der Waals surface area contributed by atoms with E-state index >= 15 is 0 Å². The monoisotopic (exact) mass is 204 g/mol. The molecule has 0 aromatic rings. The first-order valence-electron chi connectivity index (χ1n) is 2.73. The standard InChI is InChI=1S/C6H9BrN2O/c1-9-4-5(3-8)6(10)2-7/h3-4,8-9H,2H2,1H3/b5-4+,8-3?. The zero-order valence-corrected chi connectivity index (χ0v) is 7.23. The lowest BCUT2D eigenvalue weighted by Gasteiger charge is -1.94. The zero-order valence-electron chi connectivity index (χ0n) is 5.65. The van der Waals surface area contributed by atoms with Crippen LogP contribution >= 0.6 is 15.9 Å². The van der Waals surface area contributed by atoms with Crippen molar-refractivity contribution in [2.75, 3.05) is 12.4 Å². The van der Waals surface area contributed by atoms with Gasteiger partial charge in [-0.1, -0.05) is 15.9 Å². The number of hydrogen-bond donors (Lipinski definition) is 2. The smallest absolute Gasteiger partial charge is 0.176 e. The second-order valence-electron chi connectivity index (χ2n) is 1.59. The van der Waals surface area contributed by atoms with Gasteiger partial charge in [0.1, 0.15) is 0 Å². The lowest BCUT2D eigenvalue weighted by atomic mass is 10.2. The Morgan fingerprint density at radius 2 is 2.40 bits per heavy atom. The second-order valence-corrected chi connectivity index (χ2v) is 2.15. The summed E-state index contributed by atoms with van der Waals surface area (Å²) in [6.07, 6.45) is 2.52. The van der Waals surface area contributed by atoms with Crippen molar-refractivity contribution in [1.29, 1.82) is 5.41 Å². The van der Waals surface area contributed by atoms with Crippen LogP contribution < -0.4 is 5.32 Å². The minimum absolute atomic E-state index is 0.0932. The molecule has 0 amide bonds. The third kappa shape index (κ3) is 2.77. The Bertz CT molecular complexity index is 165. The SMILES string of the molecule is CN/C=C(\C=N)C(=O)CBr. The van der Waals surface area contributed by atoms with Crippen molar-refractivity contribution < 1.29 is 4.79 Å². The van der Waals surface area contributed by atoms with Crippen molar-refractivity contribution in [3.63, 3.8) is 0 Å². The Labute approximate surface area is 68.1 Å². The minimum Gasteiger partial charge on any atom is -0.393 e. The van der Waals surface area contributed by atoms with E-state index in [1.165, 1.54) is 6.20 Å². The van der Waals surface area contributed by atoms with E-state index in [1.54, 1.807) is 7.05 Å². The molecule has 0 aromatic heterocycles. The summed E-state index contributed by atoms with van der Waals surface area (Å²) in [7, 11) is 1.69. The van der Waals surface area contributed by atoms with Crippen LogP contribution in [0, 0.1) is 5.41 Å². The molecule has 0 bridgehead atoms. The number of hydrogen-bond acceptors (Lipinski definition) is 3. The van der Waals surface area contributed by atoms with Crippen LogP contribution in [0.3, 0.4) is 0 Å². The number of rotatable bonds is 4. The molecule has 0 unspecified atom stereocenters. The highest BCUT2D eigenvalue weighted by molar-refractivity contribution is 9.09. The number of carbonyl (C=O) groups is 1. The zero-order chi connectivity index (χ0) is 7.98. The van der Waals surface area contributed by atoms with E-state index in [0.717, 1.165) is 6.21 Å². The maximum absolute atomic E-state index is 10.8. The fourth-order valence-electron chi connectivity index (χ4n) is 0.435. The Morgan fingerprint density at radius 1 is 1.80 bits per heavy atom. The van der Waals surface area contributed by atoms with Crippen LogP contribution in [-0.4, -0.2) is 24.4 Å². The van der Waals surface area contributed by atoms with Crippen molar-refractivity contribution in [2.45, 2.75) is 0 Å². The van der Waals surface area contributed by atoms with Crippen LogP contribution in [0.4, 0.5) is 0 Å². The van der Waals surface area contributed by atoms with Gasteiger partial charge in [0, 0.05) is 19.5 Å². The molecular weight excluding hydrogens is 196 g/mol. The van der Waals surface area contributed by atoms with Gasteiger partial charge in [-0.05, 0) is 0 Å². The third-order valence-corrected chi connectivity index (χ3v) is 1.41. The first-order chi connectivity index (χ1) is 4.76. The van der Waals surface area contributed by atoms with Crippen LogP contribution in [0.2, 0.25) is 0 Å². The molecule has 0 saturated heterocycles. The molecule has 10 heavy (non-hydrogen) atoms. The van der Waals surface area contributed by atoms with Crippen molar-refractivity contribution >= 4 is 27.9 Å². The first-order valence-corrected chi connectivity index (χ1v) is 3.85. The molecule has 0 rings (SSSR count). The summed E-state index contributed by atoms with van der Waals surface area (Å²) in [5.41, 5.74) is 0.374. The van der Waals surface area contributed by atoms with Crippen LogP contribution in [0.15, 0.2) is 11.8 Å². The molecule has 0 aliphatic rings. The molecule has 56 valence electrons. The highest BCUT2D eigenvalue weighted by Gasteiger charge is 2.02. The van der Waals surface area contributed by atoms with Gasteiger partial charge in [0.05, 0.1) is 10.9 Å². The molecule has 3 nitrogen and oxygen atoms in total. The summed E-state index contributed by atoms with van der Waals surface area (Å²) < 4.78 is 0. The van der Waals surface area contributed by atoms with Gasteiger partial charge in [0.15, 0.2) is 5.78 Å². The average Bonchev–Trinajstić information content (AvgIpc) is 1.99. The molecule has 0 spiro atoms. The van der Waals surface area contributed by atoms with Crippen molar-refractivity contribution in [3.05, 3.63) is 11.8 Å². The Morgan fingerprint density at radius 3 is 2.70 bits per heavy atom. The van der Waals surface area contributed by atoms with Gasteiger partial charge in [-0.2, -0.15) is 0 Å². The van der Waals surface area contributed by atoms with E-state index in [4.69, 9.17) is 5.41 Å². The van der Waals surface area contributed by atoms with E-state index in [-0.39, 0.29) is 11.1 Å². The molecular formula is C6H9BrN2O. The lowest BCUT2D eigenvalue weighted by Crippen LogP contribution is -2.08. The van der Waals surface area contributed by atoms with Gasteiger partial charge in [-0.25, -0.2) is 0 Å². The summed E-state index contributed by atoms with van der Waals surface area (Å²) in [5, 5.41) is 9.76. The molecule has 0 atom stereocenters. The predicted molar refractivity (Wildman–Crippen MR) is 44.7 cm³/mol. The van der Waals surface area contributed by atoms with Gasteiger partial charge in [-0.3, -0.25) is 4.79 Å². The van der Waals surface area contributed by atoms with Crippen LogP contribution in [0.5, 0.6) is 0 Å². The van der Waals surface area contributed by atoms with Crippen molar-refractivity contribution in [1.82, 2.24) is 5.32 Å². The summed E-state index contributed by atoms with van der Waals surface area (Å²) in [6, 6.07) is 0. The fourth-order valence-corrected chi connectivity index (χ4v) is 0.759. The van der Waals surface area contributed by atoms with Crippen LogP contribution in [0.25, 0.3) is 0 Å². The average molecular weight is 205 g/mol. The first kappa shape index (κ1) is 9.36. The summed E-state index contributed by atoms with van der Waals surface area (Å²) in [4.78, 5) is 10.8. The molecule has 0 aliphatic heterocycles. The van der Waals surface area contributed by atoms with E-state index < -0.39 is 0 Å². The fraction of sp³-hybridized carbons (Fsp3) is 0.333. The number of Topliss-reactive ketones (excluding diaryl/α,β-unsaturated/α-hetero) is 1. The van der Waals surface area contributed by atoms with Crippen molar-refractivity contribution in [2.24, 2.45) is 0 Å². The molecule has 2 N–H and O–H groups in total. The van der Waals surface area contributed by atoms with E-state index in [2.05, 4.69) is 21.2 Å². The molecule has 0 aromatic carbocycles. The normalized spacial score (nSPS) is 10.8. The topological polar surface area (TPSA) is 53.0 Å². The van der Waals surface area contributed by atoms with Gasteiger partial charge in [0.2, 0.25) is 0 Å². The number of carbonyl (C=O) groups excluding carboxylic acids is 1. The Balaban J connectivity index is 4.20. The maximum Gasteiger partial charge on any atom is 0.176 e. The largest absolute Gasteiger partial charge is 0.393 e. The molecule has 0 fully saturated rings. The van der Waals surface area contributed by atoms with E-state index in [0.29, 0.717) is 5.57 Å². The number of allylic oxidation sites excluding steroid dienone is 1. The van der Waals surface area contributed by atoms with Crippen molar-refractivity contribution in [3.8, 4) is 0 Å². The quantitative estimate of drug-likeness (QED) is 0.403. The van der Waals surface area contributed by atoms with Gasteiger partial charge < -0.3 is 10.7 Å². The molecule has 4 heteroatoms. The van der Waals surface area contributed by atoms with Gasteiger partial charge >= 0.3 is 0 Å². The van der Waals surface area contributed by atoms with E-state index in [9.17, 15) is 4.79 Å². The van der Waals surface area contributed by atoms with Crippen LogP contribution in [0.1, 0.15) is 0 Å². The highest BCUT2D eigenvalue weighted by atomic mass is 79.9.